The van der Waals surface area contributed by atoms with Crippen LogP contribution in [-0.2, 0) is 18.7 Å². The van der Waals surface area contributed by atoms with Crippen LogP contribution in [0.25, 0.3) is 0 Å². The molecule has 0 N–H and O–H groups in total. The Morgan fingerprint density at radius 3 is 2.55 bits per heavy atom. The molecule has 2 spiro atoms. The summed E-state index contributed by atoms with van der Waals surface area (Å²) in [5, 5.41) is 0.168. The molecule has 38 heavy (non-hydrogen) atoms. The number of hydrogen-bond donors (Lipinski definition) is 0. The average molecular weight is 533 g/mol. The SMILES string of the molecule is CC(C)(C)[Si](C)(C)O[C@H]1CC[C@@H]2[C@]1(C)CC=C1CC3=C(OC(=O)c4ccccc4)C(=O)C=C[C@]34CC[C@@]12O4. The van der Waals surface area contributed by atoms with E-state index >= 15 is 0 Å². The first-order valence-corrected chi connectivity index (χ1v) is 17.0. The van der Waals surface area contributed by atoms with Gasteiger partial charge in [0.25, 0.3) is 0 Å². The van der Waals surface area contributed by atoms with Crippen molar-refractivity contribution >= 4 is 20.1 Å². The molecular formula is C32H40O5Si. The third kappa shape index (κ3) is 3.63. The third-order valence-electron chi connectivity index (χ3n) is 10.7. The first-order chi connectivity index (χ1) is 17.8. The number of carbonyl (C=O) groups excluding carboxylic acids is 2. The van der Waals surface area contributed by atoms with E-state index < -0.39 is 19.9 Å². The number of benzene rings is 1. The summed E-state index contributed by atoms with van der Waals surface area (Å²) >= 11 is 0. The largest absolute Gasteiger partial charge is 0.419 e. The molecule has 2 saturated heterocycles. The Bertz CT molecular complexity index is 1280. The quantitative estimate of drug-likeness (QED) is 0.236. The minimum atomic E-state index is -1.92. The van der Waals surface area contributed by atoms with Crippen LogP contribution in [0.3, 0.4) is 0 Å². The fourth-order valence-corrected chi connectivity index (χ4v) is 8.97. The maximum absolute atomic E-state index is 13.0. The van der Waals surface area contributed by atoms with Gasteiger partial charge >= 0.3 is 5.97 Å². The van der Waals surface area contributed by atoms with E-state index in [0.29, 0.717) is 17.9 Å². The van der Waals surface area contributed by atoms with Gasteiger partial charge in [0.2, 0.25) is 5.78 Å². The Balaban J connectivity index is 1.34. The number of fused-ring (bicyclic) bond motifs is 1. The highest BCUT2D eigenvalue weighted by atomic mass is 28.4. The van der Waals surface area contributed by atoms with E-state index in [4.69, 9.17) is 13.9 Å². The van der Waals surface area contributed by atoms with Gasteiger partial charge in [0, 0.05) is 16.9 Å². The molecule has 0 amide bonds. The Hall–Kier alpha value is -2.28. The number of carbonyl (C=O) groups is 2. The summed E-state index contributed by atoms with van der Waals surface area (Å²) in [6.07, 6.45) is 11.5. The number of hydrogen-bond acceptors (Lipinski definition) is 5. The molecule has 0 radical (unpaired) electrons. The molecule has 3 aliphatic carbocycles. The zero-order valence-corrected chi connectivity index (χ0v) is 24.6. The van der Waals surface area contributed by atoms with Gasteiger partial charge in [0.05, 0.1) is 17.3 Å². The first-order valence-electron chi connectivity index (χ1n) is 14.1. The Kier molecular flexibility index (Phi) is 5.71. The van der Waals surface area contributed by atoms with E-state index in [1.54, 1.807) is 30.3 Å². The van der Waals surface area contributed by atoms with Gasteiger partial charge in [-0.15, -0.1) is 0 Å². The molecule has 5 aliphatic rings. The maximum atomic E-state index is 13.0. The average Bonchev–Trinajstić information content (AvgIpc) is 3.36. The van der Waals surface area contributed by atoms with Gasteiger partial charge in [-0.25, -0.2) is 4.79 Å². The molecule has 0 unspecified atom stereocenters. The Morgan fingerprint density at radius 1 is 1.11 bits per heavy atom. The first kappa shape index (κ1) is 26.0. The van der Waals surface area contributed by atoms with E-state index in [2.05, 4.69) is 46.9 Å². The molecular weight excluding hydrogens is 492 g/mol. The number of rotatable bonds is 4. The van der Waals surface area contributed by atoms with E-state index in [9.17, 15) is 9.59 Å². The summed E-state index contributed by atoms with van der Waals surface area (Å²) in [6.45, 7) is 14.0. The lowest BCUT2D eigenvalue weighted by atomic mass is 9.60. The number of allylic oxidation sites excluding steroid dienone is 2. The summed E-state index contributed by atoms with van der Waals surface area (Å²) in [5.41, 5.74) is 1.48. The molecule has 5 atom stereocenters. The summed E-state index contributed by atoms with van der Waals surface area (Å²) in [4.78, 5) is 26.0. The summed E-state index contributed by atoms with van der Waals surface area (Å²) in [6, 6.07) is 8.85. The molecule has 1 aromatic rings. The third-order valence-corrected chi connectivity index (χ3v) is 15.2. The number of ketones is 1. The van der Waals surface area contributed by atoms with Crippen LogP contribution in [-0.4, -0.2) is 37.4 Å². The lowest BCUT2D eigenvalue weighted by Crippen LogP contribution is -2.56. The van der Waals surface area contributed by atoms with E-state index in [1.165, 1.54) is 5.57 Å². The molecule has 5 nitrogen and oxygen atoms in total. The van der Waals surface area contributed by atoms with Gasteiger partial charge in [0.1, 0.15) is 5.60 Å². The normalized spacial score (nSPS) is 35.9. The molecule has 2 bridgehead atoms. The van der Waals surface area contributed by atoms with Crippen LogP contribution in [0.5, 0.6) is 0 Å². The van der Waals surface area contributed by atoms with E-state index in [-0.39, 0.29) is 33.7 Å². The van der Waals surface area contributed by atoms with Crippen molar-refractivity contribution < 1.29 is 23.5 Å². The monoisotopic (exact) mass is 532 g/mol. The second kappa shape index (κ2) is 8.36. The van der Waals surface area contributed by atoms with Gasteiger partial charge in [-0.1, -0.05) is 52.0 Å². The van der Waals surface area contributed by atoms with Gasteiger partial charge in [0.15, 0.2) is 14.1 Å². The topological polar surface area (TPSA) is 61.8 Å². The van der Waals surface area contributed by atoms with Crippen molar-refractivity contribution in [3.05, 3.63) is 71.0 Å². The Labute approximate surface area is 227 Å². The van der Waals surface area contributed by atoms with Crippen molar-refractivity contribution in [1.82, 2.24) is 0 Å². The van der Waals surface area contributed by atoms with Crippen LogP contribution in [0.15, 0.2) is 65.5 Å². The van der Waals surface area contributed by atoms with Crippen LogP contribution in [0.1, 0.15) is 76.6 Å². The predicted octanol–water partition coefficient (Wildman–Crippen LogP) is 7.06. The van der Waals surface area contributed by atoms with E-state index in [0.717, 1.165) is 37.7 Å². The van der Waals surface area contributed by atoms with Crippen molar-refractivity contribution in [1.29, 1.82) is 0 Å². The minimum absolute atomic E-state index is 0.0164. The Morgan fingerprint density at radius 2 is 1.84 bits per heavy atom. The highest BCUT2D eigenvalue weighted by Gasteiger charge is 2.68. The molecule has 0 aromatic heterocycles. The molecule has 202 valence electrons. The zero-order chi connectivity index (χ0) is 27.1. The van der Waals surface area contributed by atoms with Crippen LogP contribution in [0, 0.1) is 11.3 Å². The maximum Gasteiger partial charge on any atom is 0.343 e. The summed E-state index contributed by atoms with van der Waals surface area (Å²) in [5.74, 6) is -0.250. The fourth-order valence-electron chi connectivity index (χ4n) is 7.51. The van der Waals surface area contributed by atoms with Crippen LogP contribution in [0.2, 0.25) is 18.1 Å². The fraction of sp³-hybridized carbons (Fsp3) is 0.562. The summed E-state index contributed by atoms with van der Waals surface area (Å²) < 4.78 is 20.0. The lowest BCUT2D eigenvalue weighted by molar-refractivity contribution is -0.132. The molecule has 1 aromatic carbocycles. The molecule has 2 aliphatic heterocycles. The van der Waals surface area contributed by atoms with Crippen molar-refractivity contribution in [2.75, 3.05) is 0 Å². The van der Waals surface area contributed by atoms with Crippen molar-refractivity contribution in [3.8, 4) is 0 Å². The standard InChI is InChI=1S/C32H40O5Si/c1-29(2,3)38(5,6)36-26-13-12-25-30(26,4)16-14-22-20-23-27(35-28(34)21-10-8-7-9-11-21)24(33)15-17-31(23)18-19-32(22,25)37-31/h7-11,14-15,17,25-26H,12-13,16,18-20H2,1-6H3/t25-,26+,30+,31+,32-/m1/s1. The molecule has 6 heteroatoms. The van der Waals surface area contributed by atoms with Crippen molar-refractivity contribution in [2.45, 2.75) is 102 Å². The van der Waals surface area contributed by atoms with Crippen molar-refractivity contribution in [2.24, 2.45) is 11.3 Å². The van der Waals surface area contributed by atoms with Crippen LogP contribution < -0.4 is 0 Å². The van der Waals surface area contributed by atoms with Gasteiger partial charge in [-0.2, -0.15) is 0 Å². The van der Waals surface area contributed by atoms with Crippen molar-refractivity contribution in [3.63, 3.8) is 0 Å². The highest BCUT2D eigenvalue weighted by Crippen LogP contribution is 2.67. The van der Waals surface area contributed by atoms with Crippen LogP contribution in [0.4, 0.5) is 0 Å². The zero-order valence-electron chi connectivity index (χ0n) is 23.6. The number of ether oxygens (including phenoxy) is 2. The number of esters is 1. The van der Waals surface area contributed by atoms with Gasteiger partial charge in [-0.3, -0.25) is 4.79 Å². The van der Waals surface area contributed by atoms with Gasteiger partial charge in [-0.05, 0) is 86.5 Å². The van der Waals surface area contributed by atoms with Crippen LogP contribution >= 0.6 is 0 Å². The minimum Gasteiger partial charge on any atom is -0.419 e. The van der Waals surface area contributed by atoms with E-state index in [1.807, 2.05) is 12.1 Å². The summed E-state index contributed by atoms with van der Waals surface area (Å²) in [7, 11) is -1.92. The highest BCUT2D eigenvalue weighted by molar-refractivity contribution is 6.74. The molecule has 1 saturated carbocycles. The predicted molar refractivity (Wildman–Crippen MR) is 149 cm³/mol. The molecule has 6 rings (SSSR count). The van der Waals surface area contributed by atoms with Gasteiger partial charge < -0.3 is 13.9 Å². The lowest BCUT2D eigenvalue weighted by Gasteiger charge is -2.55. The second-order valence-electron chi connectivity index (χ2n) is 13.8. The molecule has 3 fully saturated rings. The molecule has 2 heterocycles. The smallest absolute Gasteiger partial charge is 0.343 e. The second-order valence-corrected chi connectivity index (χ2v) is 18.5.